The highest BCUT2D eigenvalue weighted by Crippen LogP contribution is 2.35. The number of likely N-dealkylation sites (tertiary alicyclic amines) is 1. The van der Waals surface area contributed by atoms with Gasteiger partial charge in [0.05, 0.1) is 38.7 Å². The zero-order valence-electron chi connectivity index (χ0n) is 29.1. The number of hydrogen-bond acceptors (Lipinski definition) is 10. The van der Waals surface area contributed by atoms with Crippen LogP contribution in [0.1, 0.15) is 49.5 Å². The smallest absolute Gasteiger partial charge is 0.368 e. The van der Waals surface area contributed by atoms with Gasteiger partial charge in [0.25, 0.3) is 27.9 Å². The first kappa shape index (κ1) is 39.4. The number of imide groups is 2. The van der Waals surface area contributed by atoms with E-state index in [2.05, 4.69) is 35.2 Å². The van der Waals surface area contributed by atoms with Crippen LogP contribution in [0, 0.1) is 0 Å². The second-order valence-corrected chi connectivity index (χ2v) is 16.0. The molecule has 1 unspecified atom stereocenters. The summed E-state index contributed by atoms with van der Waals surface area (Å²) >= 11 is 12.0. The summed E-state index contributed by atoms with van der Waals surface area (Å²) in [6.07, 6.45) is -4.51. The molecule has 3 fully saturated rings. The Morgan fingerprint density at radius 3 is 2.29 bits per heavy atom. The summed E-state index contributed by atoms with van der Waals surface area (Å²) < 4.78 is 69.4. The lowest BCUT2D eigenvalue weighted by atomic mass is 9.98. The summed E-state index contributed by atoms with van der Waals surface area (Å²) in [7, 11) is -4.17. The summed E-state index contributed by atoms with van der Waals surface area (Å²) in [6, 6.07) is 10.6. The lowest BCUT2D eigenvalue weighted by molar-refractivity contribution is -0.138. The summed E-state index contributed by atoms with van der Waals surface area (Å²) in [4.78, 5) is 68.4. The maximum Gasteiger partial charge on any atom is 0.416 e. The van der Waals surface area contributed by atoms with Crippen LogP contribution >= 0.6 is 23.2 Å². The van der Waals surface area contributed by atoms with Crippen LogP contribution in [0.4, 0.5) is 30.2 Å². The highest BCUT2D eigenvalue weighted by molar-refractivity contribution is 7.90. The molecule has 3 saturated heterocycles. The minimum absolute atomic E-state index is 0.0137. The third kappa shape index (κ3) is 8.19. The number of anilines is 3. The van der Waals surface area contributed by atoms with Crippen molar-refractivity contribution in [2.45, 2.75) is 37.1 Å². The van der Waals surface area contributed by atoms with Crippen molar-refractivity contribution in [2.75, 3.05) is 54.2 Å². The Kier molecular flexibility index (Phi) is 10.8. The van der Waals surface area contributed by atoms with E-state index in [1.165, 1.54) is 18.2 Å². The number of piperidine rings is 1. The second-order valence-electron chi connectivity index (χ2n) is 13.7. The molecule has 3 aromatic rings. The van der Waals surface area contributed by atoms with Crippen molar-refractivity contribution in [2.24, 2.45) is 0 Å². The van der Waals surface area contributed by atoms with Crippen LogP contribution in [0.25, 0.3) is 0 Å². The molecule has 4 aliphatic heterocycles. The number of amides is 5. The van der Waals surface area contributed by atoms with Crippen LogP contribution < -0.4 is 30.3 Å². The van der Waals surface area contributed by atoms with Crippen LogP contribution in [-0.2, 0) is 26.0 Å². The molecule has 0 aliphatic carbocycles. The summed E-state index contributed by atoms with van der Waals surface area (Å²) in [5.41, 5.74) is -0.236. The third-order valence-electron chi connectivity index (χ3n) is 9.94. The quantitative estimate of drug-likeness (QED) is 0.134. The Morgan fingerprint density at radius 2 is 1.59 bits per heavy atom. The van der Waals surface area contributed by atoms with Gasteiger partial charge in [-0.05, 0) is 61.0 Å². The molecule has 296 valence electrons. The van der Waals surface area contributed by atoms with E-state index in [-0.39, 0.29) is 69.6 Å². The van der Waals surface area contributed by atoms with E-state index in [0.717, 1.165) is 35.8 Å². The van der Waals surface area contributed by atoms with Gasteiger partial charge in [0.1, 0.15) is 6.04 Å². The Bertz CT molecular complexity index is 2250. The van der Waals surface area contributed by atoms with Crippen molar-refractivity contribution in [1.29, 1.82) is 0 Å². The molecule has 21 heteroatoms. The van der Waals surface area contributed by atoms with Gasteiger partial charge in [-0.1, -0.05) is 23.2 Å². The second kappa shape index (κ2) is 15.3. The number of nitrogens with one attached hydrogen (secondary N) is 5. The number of fused-ring (bicyclic) bond motifs is 1. The first-order valence-corrected chi connectivity index (χ1v) is 19.5. The molecular weight excluding hydrogens is 804 g/mol. The van der Waals surface area contributed by atoms with Crippen LogP contribution in [0.5, 0.6) is 0 Å². The van der Waals surface area contributed by atoms with Crippen LogP contribution in [-0.4, -0.2) is 105 Å². The van der Waals surface area contributed by atoms with Gasteiger partial charge in [0, 0.05) is 68.5 Å². The van der Waals surface area contributed by atoms with E-state index in [0.29, 0.717) is 25.7 Å². The standard InChI is InChI=1S/C35H33Cl2F3N8O7S/c36-19-2-6-27(25(12-19)31(50)43-28-5-1-18(11-26(28)37)35(38,39)40)45-56(54,55)42-10-9-41-20-14-46(15-20)22-16-47(17-22)21-3-4-23-24(13-21)34(53)48(33(23)52)29-7-8-30(49)44-32(29)51/h1-6,11-13,20,22,29,41-42,45H,7-10,14-17H2,(H,43,50)(H,44,49,51). The molecule has 0 aromatic heterocycles. The van der Waals surface area contributed by atoms with Gasteiger partial charge < -0.3 is 15.5 Å². The van der Waals surface area contributed by atoms with Gasteiger partial charge in [-0.2, -0.15) is 26.3 Å². The topological polar surface area (TPSA) is 189 Å². The van der Waals surface area contributed by atoms with Crippen LogP contribution in [0.3, 0.4) is 0 Å². The van der Waals surface area contributed by atoms with Crippen molar-refractivity contribution < 1.29 is 45.6 Å². The van der Waals surface area contributed by atoms with Gasteiger partial charge in [0.2, 0.25) is 11.8 Å². The molecule has 1 atom stereocenters. The predicted molar refractivity (Wildman–Crippen MR) is 199 cm³/mol. The molecule has 3 aromatic carbocycles. The maximum atomic E-state index is 13.2. The molecule has 4 aliphatic rings. The molecule has 0 radical (unpaired) electrons. The molecule has 0 bridgehead atoms. The lowest BCUT2D eigenvalue weighted by Crippen LogP contribution is -2.69. The first-order chi connectivity index (χ1) is 26.5. The molecule has 4 heterocycles. The van der Waals surface area contributed by atoms with Crippen molar-refractivity contribution in [3.8, 4) is 0 Å². The van der Waals surface area contributed by atoms with E-state index >= 15 is 0 Å². The van der Waals surface area contributed by atoms with Gasteiger partial charge in [-0.3, -0.25) is 43.8 Å². The monoisotopic (exact) mass is 836 g/mol. The number of hydrogen-bond donors (Lipinski definition) is 5. The Labute approximate surface area is 328 Å². The predicted octanol–water partition coefficient (Wildman–Crippen LogP) is 3.07. The number of alkyl halides is 3. The number of carbonyl (C=O) groups is 5. The highest BCUT2D eigenvalue weighted by atomic mass is 35.5. The largest absolute Gasteiger partial charge is 0.416 e. The van der Waals surface area contributed by atoms with E-state index < -0.39 is 57.5 Å². The molecule has 5 amide bonds. The molecular formula is C35H33Cl2F3N8O7S. The molecule has 15 nitrogen and oxygen atoms in total. The molecule has 0 spiro atoms. The average molecular weight is 838 g/mol. The number of benzene rings is 3. The van der Waals surface area contributed by atoms with Gasteiger partial charge in [-0.15, -0.1) is 0 Å². The van der Waals surface area contributed by atoms with E-state index in [9.17, 15) is 45.6 Å². The zero-order chi connectivity index (χ0) is 40.1. The minimum atomic E-state index is -4.64. The van der Waals surface area contributed by atoms with Gasteiger partial charge in [-0.25, -0.2) is 0 Å². The normalized spacial score (nSPS) is 19.4. The Morgan fingerprint density at radius 1 is 0.875 bits per heavy atom. The highest BCUT2D eigenvalue weighted by Gasteiger charge is 2.45. The molecule has 56 heavy (non-hydrogen) atoms. The number of halogens is 5. The van der Waals surface area contributed by atoms with Gasteiger partial charge in [0.15, 0.2) is 0 Å². The van der Waals surface area contributed by atoms with Gasteiger partial charge >= 0.3 is 6.18 Å². The van der Waals surface area contributed by atoms with Crippen molar-refractivity contribution in [1.82, 2.24) is 25.2 Å². The fraction of sp³-hybridized carbons (Fsp3) is 0.343. The van der Waals surface area contributed by atoms with Crippen molar-refractivity contribution >= 4 is 80.0 Å². The summed E-state index contributed by atoms with van der Waals surface area (Å²) in [5, 5.41) is 7.60. The van der Waals surface area contributed by atoms with Crippen molar-refractivity contribution in [3.63, 3.8) is 0 Å². The van der Waals surface area contributed by atoms with E-state index in [1.54, 1.807) is 18.2 Å². The fourth-order valence-electron chi connectivity index (χ4n) is 6.91. The van der Waals surface area contributed by atoms with Crippen LogP contribution in [0.2, 0.25) is 10.0 Å². The fourth-order valence-corrected chi connectivity index (χ4v) is 8.22. The van der Waals surface area contributed by atoms with E-state index in [4.69, 9.17) is 23.2 Å². The van der Waals surface area contributed by atoms with Crippen molar-refractivity contribution in [3.05, 3.63) is 86.9 Å². The molecule has 0 saturated carbocycles. The number of nitrogens with zero attached hydrogens (tertiary/aromatic N) is 3. The van der Waals surface area contributed by atoms with E-state index in [1.807, 2.05) is 0 Å². The Balaban J connectivity index is 0.844. The minimum Gasteiger partial charge on any atom is -0.368 e. The number of carbonyl (C=O) groups excluding carboxylic acids is 5. The molecule has 5 N–H and O–H groups in total. The zero-order valence-corrected chi connectivity index (χ0v) is 31.4. The lowest BCUT2D eigenvalue weighted by Gasteiger charge is -2.52. The summed E-state index contributed by atoms with van der Waals surface area (Å²) in [5.74, 6) is -3.08. The van der Waals surface area contributed by atoms with Crippen LogP contribution in [0.15, 0.2) is 54.6 Å². The maximum absolute atomic E-state index is 13.2. The Hall–Kier alpha value is -4.79. The third-order valence-corrected chi connectivity index (χ3v) is 11.6. The SMILES string of the molecule is O=C1CCC(N2C(=O)c3ccc(N4CC(N5CC(NCCNS(=O)(=O)Nc6ccc(Cl)cc6C(=O)Nc6ccc(C(F)(F)F)cc6Cl)C5)C4)cc3C2=O)C(=O)N1. The first-order valence-electron chi connectivity index (χ1n) is 17.3. The summed E-state index contributed by atoms with van der Waals surface area (Å²) in [6.45, 7) is 3.16. The molecule has 7 rings (SSSR count). The number of rotatable bonds is 12. The average Bonchev–Trinajstić information content (AvgIpc) is 3.33.